The van der Waals surface area contributed by atoms with Crippen LogP contribution in [0.2, 0.25) is 0 Å². The molecule has 1 saturated heterocycles. The zero-order valence-electron chi connectivity index (χ0n) is 5.68. The van der Waals surface area contributed by atoms with Gasteiger partial charge in [-0.05, 0) is 0 Å². The lowest BCUT2D eigenvalue weighted by molar-refractivity contribution is -0.122. The molecule has 52 valence electrons. The Morgan fingerprint density at radius 3 is 2.67 bits per heavy atom. The van der Waals surface area contributed by atoms with Gasteiger partial charge in [0.1, 0.15) is 6.23 Å². The maximum Gasteiger partial charge on any atom is 0.224 e. The fraction of sp³-hybridized carbons (Fsp3) is 0.833. The van der Waals surface area contributed by atoms with Gasteiger partial charge in [-0.2, -0.15) is 0 Å². The minimum atomic E-state index is -0.0486. The van der Waals surface area contributed by atoms with Crippen molar-refractivity contribution in [2.75, 3.05) is 7.11 Å². The van der Waals surface area contributed by atoms with Crippen LogP contribution in [0.15, 0.2) is 0 Å². The van der Waals surface area contributed by atoms with Gasteiger partial charge in [-0.3, -0.25) is 4.79 Å². The topological polar surface area (TPSA) is 38.3 Å². The summed E-state index contributed by atoms with van der Waals surface area (Å²) in [5.41, 5.74) is 0. The Hall–Kier alpha value is -0.570. The highest BCUT2D eigenvalue weighted by atomic mass is 16.5. The molecule has 1 heterocycles. The molecule has 3 heteroatoms. The second kappa shape index (κ2) is 2.35. The summed E-state index contributed by atoms with van der Waals surface area (Å²) in [6.45, 7) is 1.90. The van der Waals surface area contributed by atoms with E-state index in [1.165, 1.54) is 0 Å². The lowest BCUT2D eigenvalue weighted by Crippen LogP contribution is -2.27. The standard InChI is InChI=1S/C6H11NO2/c1-4-3-5(9-2)7-6(4)8/h4-5H,3H2,1-2H3,(H,7,8). The zero-order valence-corrected chi connectivity index (χ0v) is 5.68. The largest absolute Gasteiger partial charge is 0.362 e. The Bertz CT molecular complexity index is 124. The summed E-state index contributed by atoms with van der Waals surface area (Å²) in [4.78, 5) is 10.8. The van der Waals surface area contributed by atoms with Crippen molar-refractivity contribution in [3.8, 4) is 0 Å². The Balaban J connectivity index is 2.44. The SMILES string of the molecule is COC1CC(C)C(=O)N1. The molecule has 0 saturated carbocycles. The monoisotopic (exact) mass is 129 g/mol. The van der Waals surface area contributed by atoms with Gasteiger partial charge in [0, 0.05) is 19.4 Å². The molecular weight excluding hydrogens is 118 g/mol. The summed E-state index contributed by atoms with van der Waals surface area (Å²) in [6, 6.07) is 0. The summed E-state index contributed by atoms with van der Waals surface area (Å²) in [5.74, 6) is 0.219. The molecule has 0 aliphatic carbocycles. The van der Waals surface area contributed by atoms with Crippen molar-refractivity contribution >= 4 is 5.91 Å². The minimum Gasteiger partial charge on any atom is -0.362 e. The fourth-order valence-electron chi connectivity index (χ4n) is 0.943. The van der Waals surface area contributed by atoms with Gasteiger partial charge in [-0.25, -0.2) is 0 Å². The van der Waals surface area contributed by atoms with Gasteiger partial charge in [0.05, 0.1) is 0 Å². The van der Waals surface area contributed by atoms with Gasteiger partial charge in [-0.15, -0.1) is 0 Å². The fourth-order valence-corrected chi connectivity index (χ4v) is 0.943. The predicted molar refractivity (Wildman–Crippen MR) is 32.7 cm³/mol. The van der Waals surface area contributed by atoms with Crippen molar-refractivity contribution in [2.45, 2.75) is 19.6 Å². The van der Waals surface area contributed by atoms with E-state index in [1.54, 1.807) is 7.11 Å². The van der Waals surface area contributed by atoms with E-state index in [0.717, 1.165) is 6.42 Å². The van der Waals surface area contributed by atoms with Crippen molar-refractivity contribution in [2.24, 2.45) is 5.92 Å². The summed E-state index contributed by atoms with van der Waals surface area (Å²) in [7, 11) is 1.60. The first-order valence-electron chi connectivity index (χ1n) is 3.07. The molecule has 0 aromatic heterocycles. The van der Waals surface area contributed by atoms with E-state index in [4.69, 9.17) is 4.74 Å². The van der Waals surface area contributed by atoms with Crippen LogP contribution in [0.1, 0.15) is 13.3 Å². The maximum absolute atomic E-state index is 10.8. The summed E-state index contributed by atoms with van der Waals surface area (Å²) in [6.07, 6.45) is 0.752. The van der Waals surface area contributed by atoms with Crippen molar-refractivity contribution in [3.63, 3.8) is 0 Å². The molecule has 0 aromatic carbocycles. The van der Waals surface area contributed by atoms with E-state index < -0.39 is 0 Å². The van der Waals surface area contributed by atoms with Crippen molar-refractivity contribution in [1.29, 1.82) is 0 Å². The van der Waals surface area contributed by atoms with Crippen LogP contribution in [0.4, 0.5) is 0 Å². The third-order valence-electron chi connectivity index (χ3n) is 1.60. The van der Waals surface area contributed by atoms with E-state index >= 15 is 0 Å². The van der Waals surface area contributed by atoms with E-state index in [-0.39, 0.29) is 18.1 Å². The highest BCUT2D eigenvalue weighted by molar-refractivity contribution is 5.80. The smallest absolute Gasteiger partial charge is 0.224 e. The van der Waals surface area contributed by atoms with Crippen LogP contribution in [0.25, 0.3) is 0 Å². The number of hydrogen-bond donors (Lipinski definition) is 1. The molecule has 1 aliphatic rings. The Morgan fingerprint density at radius 2 is 2.44 bits per heavy atom. The van der Waals surface area contributed by atoms with Crippen molar-refractivity contribution in [3.05, 3.63) is 0 Å². The second-order valence-electron chi connectivity index (χ2n) is 2.37. The quantitative estimate of drug-likeness (QED) is 0.546. The predicted octanol–water partition coefficient (Wildman–Crippen LogP) is 0.115. The average Bonchev–Trinajstić information content (AvgIpc) is 2.13. The number of hydrogen-bond acceptors (Lipinski definition) is 2. The van der Waals surface area contributed by atoms with E-state index in [9.17, 15) is 4.79 Å². The van der Waals surface area contributed by atoms with Crippen LogP contribution in [-0.2, 0) is 9.53 Å². The molecule has 2 atom stereocenters. The van der Waals surface area contributed by atoms with Gasteiger partial charge in [-0.1, -0.05) is 6.92 Å². The Kier molecular flexibility index (Phi) is 1.71. The summed E-state index contributed by atoms with van der Waals surface area (Å²) >= 11 is 0. The van der Waals surface area contributed by atoms with Gasteiger partial charge in [0.15, 0.2) is 0 Å². The van der Waals surface area contributed by atoms with Gasteiger partial charge in [0.2, 0.25) is 5.91 Å². The first-order chi connectivity index (χ1) is 4.24. The molecule has 0 bridgehead atoms. The van der Waals surface area contributed by atoms with Crippen LogP contribution in [-0.4, -0.2) is 19.2 Å². The number of carbonyl (C=O) groups is 1. The van der Waals surface area contributed by atoms with Crippen LogP contribution in [0.3, 0.4) is 0 Å². The number of ether oxygens (including phenoxy) is 1. The maximum atomic E-state index is 10.8. The third kappa shape index (κ3) is 1.21. The van der Waals surface area contributed by atoms with Crippen LogP contribution < -0.4 is 5.32 Å². The average molecular weight is 129 g/mol. The molecule has 1 amide bonds. The van der Waals surface area contributed by atoms with E-state index in [2.05, 4.69) is 5.32 Å². The molecule has 1 aliphatic heterocycles. The molecule has 0 radical (unpaired) electrons. The van der Waals surface area contributed by atoms with E-state index in [0.29, 0.717) is 0 Å². The summed E-state index contributed by atoms with van der Waals surface area (Å²) < 4.78 is 4.92. The number of rotatable bonds is 1. The van der Waals surface area contributed by atoms with Gasteiger partial charge >= 0.3 is 0 Å². The molecule has 1 fully saturated rings. The summed E-state index contributed by atoms with van der Waals surface area (Å²) in [5, 5.41) is 2.69. The number of amides is 1. The third-order valence-corrected chi connectivity index (χ3v) is 1.60. The minimum absolute atomic E-state index is 0.0486. The molecule has 1 rings (SSSR count). The highest BCUT2D eigenvalue weighted by Crippen LogP contribution is 2.13. The number of methoxy groups -OCH3 is 1. The Morgan fingerprint density at radius 1 is 1.78 bits per heavy atom. The highest BCUT2D eigenvalue weighted by Gasteiger charge is 2.27. The number of nitrogens with one attached hydrogen (secondary N) is 1. The van der Waals surface area contributed by atoms with Crippen molar-refractivity contribution in [1.82, 2.24) is 5.32 Å². The molecule has 0 aromatic rings. The van der Waals surface area contributed by atoms with Gasteiger partial charge in [0.25, 0.3) is 0 Å². The van der Waals surface area contributed by atoms with Crippen molar-refractivity contribution < 1.29 is 9.53 Å². The zero-order chi connectivity index (χ0) is 6.85. The molecular formula is C6H11NO2. The number of carbonyl (C=O) groups excluding carboxylic acids is 1. The lowest BCUT2D eigenvalue weighted by atomic mass is 10.1. The molecule has 1 N–H and O–H groups in total. The first-order valence-corrected chi connectivity index (χ1v) is 3.07. The second-order valence-corrected chi connectivity index (χ2v) is 2.37. The molecule has 2 unspecified atom stereocenters. The van der Waals surface area contributed by atoms with Crippen LogP contribution >= 0.6 is 0 Å². The lowest BCUT2D eigenvalue weighted by Gasteiger charge is -2.04. The molecule has 9 heavy (non-hydrogen) atoms. The Labute approximate surface area is 54.4 Å². The van der Waals surface area contributed by atoms with E-state index in [1.807, 2.05) is 6.92 Å². The molecule has 3 nitrogen and oxygen atoms in total. The first kappa shape index (κ1) is 6.55. The van der Waals surface area contributed by atoms with Crippen LogP contribution in [0.5, 0.6) is 0 Å². The molecule has 0 spiro atoms. The van der Waals surface area contributed by atoms with Crippen LogP contribution in [0, 0.1) is 5.92 Å². The normalized spacial score (nSPS) is 34.7. The van der Waals surface area contributed by atoms with Gasteiger partial charge < -0.3 is 10.1 Å².